The lowest BCUT2D eigenvalue weighted by Gasteiger charge is -2.01. The van der Waals surface area contributed by atoms with Crippen molar-refractivity contribution in [3.63, 3.8) is 0 Å². The first kappa shape index (κ1) is 8.80. The van der Waals surface area contributed by atoms with Gasteiger partial charge in [-0.15, -0.1) is 0 Å². The lowest BCUT2D eigenvalue weighted by atomic mass is 10.1. The van der Waals surface area contributed by atoms with E-state index in [2.05, 4.69) is 15.3 Å². The third-order valence-electron chi connectivity index (χ3n) is 2.15. The van der Waals surface area contributed by atoms with Crippen molar-refractivity contribution in [2.45, 2.75) is 6.92 Å². The first-order valence-electron chi connectivity index (χ1n) is 4.30. The largest absolute Gasteiger partial charge is 0.481 e. The number of aromatic nitrogens is 4. The van der Waals surface area contributed by atoms with Crippen molar-refractivity contribution in [2.24, 2.45) is 7.05 Å². The molecule has 0 fully saturated rings. The number of methoxy groups -OCH3 is 1. The molecule has 0 saturated carbocycles. The van der Waals surface area contributed by atoms with Crippen LogP contribution in [0, 0.1) is 6.92 Å². The van der Waals surface area contributed by atoms with Crippen LogP contribution < -0.4 is 4.74 Å². The van der Waals surface area contributed by atoms with Crippen LogP contribution in [0.15, 0.2) is 12.4 Å². The number of ether oxygens (including phenoxy) is 1. The Bertz CT molecular complexity index is 430. The minimum Gasteiger partial charge on any atom is -0.481 e. The van der Waals surface area contributed by atoms with Crippen LogP contribution in [0.25, 0.3) is 11.1 Å². The highest BCUT2D eigenvalue weighted by Crippen LogP contribution is 2.31. The Morgan fingerprint density at radius 1 is 1.50 bits per heavy atom. The summed E-state index contributed by atoms with van der Waals surface area (Å²) in [6, 6.07) is 0. The van der Waals surface area contributed by atoms with Gasteiger partial charge in [0, 0.05) is 18.8 Å². The maximum Gasteiger partial charge on any atom is 0.219 e. The third-order valence-corrected chi connectivity index (χ3v) is 2.15. The van der Waals surface area contributed by atoms with Gasteiger partial charge in [-0.1, -0.05) is 0 Å². The second kappa shape index (κ2) is 3.17. The fraction of sp³-hybridized carbons (Fsp3) is 0.333. The molecule has 5 heteroatoms. The van der Waals surface area contributed by atoms with Gasteiger partial charge in [-0.3, -0.25) is 5.10 Å². The number of aromatic amines is 1. The van der Waals surface area contributed by atoms with Gasteiger partial charge in [-0.25, -0.2) is 4.68 Å². The highest BCUT2D eigenvalue weighted by atomic mass is 16.5. The van der Waals surface area contributed by atoms with Gasteiger partial charge in [0.15, 0.2) is 0 Å². The van der Waals surface area contributed by atoms with Gasteiger partial charge in [-0.2, -0.15) is 10.2 Å². The van der Waals surface area contributed by atoms with E-state index in [1.807, 2.05) is 20.2 Å². The molecule has 2 heterocycles. The van der Waals surface area contributed by atoms with Gasteiger partial charge >= 0.3 is 0 Å². The van der Waals surface area contributed by atoms with Gasteiger partial charge in [0.05, 0.1) is 24.6 Å². The van der Waals surface area contributed by atoms with Crippen LogP contribution in [0.3, 0.4) is 0 Å². The zero-order valence-electron chi connectivity index (χ0n) is 8.40. The Labute approximate surface area is 81.7 Å². The number of nitrogens with zero attached hydrogens (tertiary/aromatic N) is 3. The van der Waals surface area contributed by atoms with E-state index in [0.717, 1.165) is 22.7 Å². The normalized spacial score (nSPS) is 10.5. The number of nitrogens with one attached hydrogen (secondary N) is 1. The molecule has 14 heavy (non-hydrogen) atoms. The third kappa shape index (κ3) is 1.17. The van der Waals surface area contributed by atoms with Crippen molar-refractivity contribution in [1.29, 1.82) is 0 Å². The predicted molar refractivity (Wildman–Crippen MR) is 52.1 cm³/mol. The van der Waals surface area contributed by atoms with Crippen molar-refractivity contribution in [1.82, 2.24) is 20.0 Å². The van der Waals surface area contributed by atoms with E-state index in [1.165, 1.54) is 0 Å². The van der Waals surface area contributed by atoms with E-state index >= 15 is 0 Å². The van der Waals surface area contributed by atoms with Gasteiger partial charge in [-0.05, 0) is 6.92 Å². The van der Waals surface area contributed by atoms with Crippen molar-refractivity contribution in [3.8, 4) is 17.0 Å². The monoisotopic (exact) mass is 192 g/mol. The molecule has 0 aromatic carbocycles. The fourth-order valence-corrected chi connectivity index (χ4v) is 1.59. The smallest absolute Gasteiger partial charge is 0.219 e. The zero-order chi connectivity index (χ0) is 10.1. The van der Waals surface area contributed by atoms with Crippen molar-refractivity contribution in [2.75, 3.05) is 7.11 Å². The van der Waals surface area contributed by atoms with Gasteiger partial charge < -0.3 is 4.74 Å². The Kier molecular flexibility index (Phi) is 1.99. The summed E-state index contributed by atoms with van der Waals surface area (Å²) in [5.41, 5.74) is 2.92. The van der Waals surface area contributed by atoms with Crippen molar-refractivity contribution < 1.29 is 4.74 Å². The van der Waals surface area contributed by atoms with E-state index < -0.39 is 0 Å². The molecule has 1 N–H and O–H groups in total. The Morgan fingerprint density at radius 3 is 2.86 bits per heavy atom. The number of hydrogen-bond donors (Lipinski definition) is 1. The molecule has 5 nitrogen and oxygen atoms in total. The van der Waals surface area contributed by atoms with E-state index in [-0.39, 0.29) is 0 Å². The van der Waals surface area contributed by atoms with Crippen LogP contribution in [0.1, 0.15) is 5.69 Å². The minimum atomic E-state index is 0.754. The molecule has 2 aromatic rings. The highest BCUT2D eigenvalue weighted by Gasteiger charge is 2.15. The molecule has 0 aliphatic heterocycles. The summed E-state index contributed by atoms with van der Waals surface area (Å²) in [4.78, 5) is 0. The molecule has 0 saturated heterocycles. The first-order valence-corrected chi connectivity index (χ1v) is 4.30. The summed E-state index contributed by atoms with van der Waals surface area (Å²) in [7, 11) is 3.50. The molecule has 0 bridgehead atoms. The summed E-state index contributed by atoms with van der Waals surface area (Å²) >= 11 is 0. The Balaban J connectivity index is 2.62. The van der Waals surface area contributed by atoms with E-state index in [9.17, 15) is 0 Å². The molecule has 0 spiro atoms. The summed E-state index contributed by atoms with van der Waals surface area (Å²) in [6.45, 7) is 1.95. The van der Waals surface area contributed by atoms with E-state index in [1.54, 1.807) is 18.0 Å². The lowest BCUT2D eigenvalue weighted by molar-refractivity contribution is 0.375. The maximum atomic E-state index is 5.28. The maximum absolute atomic E-state index is 5.28. The summed E-state index contributed by atoms with van der Waals surface area (Å²) < 4.78 is 7.00. The van der Waals surface area contributed by atoms with E-state index in [4.69, 9.17) is 4.74 Å². The average molecular weight is 192 g/mol. The molecule has 0 amide bonds. The molecule has 2 aromatic heterocycles. The predicted octanol–water partition coefficient (Wildman–Crippen LogP) is 1.13. The first-order chi connectivity index (χ1) is 6.74. The standard InChI is InChI=1S/C9H12N4O/c1-6-8(7-4-10-11-5-7)9(14-3)13(2)12-6/h4-5H,1-3H3,(H,10,11). The fourth-order valence-electron chi connectivity index (χ4n) is 1.59. The number of aryl methyl sites for hydroxylation is 2. The minimum absolute atomic E-state index is 0.754. The summed E-state index contributed by atoms with van der Waals surface area (Å²) in [5, 5.41) is 11.0. The Morgan fingerprint density at radius 2 is 2.29 bits per heavy atom. The van der Waals surface area contributed by atoms with Crippen molar-refractivity contribution >= 4 is 0 Å². The molecule has 2 rings (SSSR count). The lowest BCUT2D eigenvalue weighted by Crippen LogP contribution is -1.95. The molecule has 0 radical (unpaired) electrons. The summed E-state index contributed by atoms with van der Waals surface area (Å²) in [6.07, 6.45) is 3.58. The molecule has 0 aliphatic carbocycles. The molecule has 0 unspecified atom stereocenters. The number of rotatable bonds is 2. The topological polar surface area (TPSA) is 55.7 Å². The second-order valence-electron chi connectivity index (χ2n) is 3.08. The van der Waals surface area contributed by atoms with Crippen molar-refractivity contribution in [3.05, 3.63) is 18.1 Å². The van der Waals surface area contributed by atoms with Crippen LogP contribution in [0.2, 0.25) is 0 Å². The van der Waals surface area contributed by atoms with Gasteiger partial charge in [0.1, 0.15) is 0 Å². The van der Waals surface area contributed by atoms with Crippen LogP contribution in [0.4, 0.5) is 0 Å². The SMILES string of the molecule is COc1c(-c2cn[nH]c2)c(C)nn1C. The molecular formula is C9H12N4O. The van der Waals surface area contributed by atoms with E-state index in [0.29, 0.717) is 0 Å². The highest BCUT2D eigenvalue weighted by molar-refractivity contribution is 5.70. The number of hydrogen-bond acceptors (Lipinski definition) is 3. The Hall–Kier alpha value is -1.78. The van der Waals surface area contributed by atoms with Crippen LogP contribution >= 0.6 is 0 Å². The molecule has 0 aliphatic rings. The van der Waals surface area contributed by atoms with Gasteiger partial charge in [0.2, 0.25) is 5.88 Å². The quantitative estimate of drug-likeness (QED) is 0.775. The van der Waals surface area contributed by atoms with Gasteiger partial charge in [0.25, 0.3) is 0 Å². The molecule has 0 atom stereocenters. The number of H-pyrrole nitrogens is 1. The molecule has 74 valence electrons. The summed E-state index contributed by atoms with van der Waals surface area (Å²) in [5.74, 6) is 0.754. The molecular weight excluding hydrogens is 180 g/mol. The van der Waals surface area contributed by atoms with Crippen LogP contribution in [-0.2, 0) is 7.05 Å². The zero-order valence-corrected chi connectivity index (χ0v) is 8.40. The average Bonchev–Trinajstić information content (AvgIpc) is 2.72. The van der Waals surface area contributed by atoms with Crippen LogP contribution in [-0.4, -0.2) is 27.1 Å². The second-order valence-corrected chi connectivity index (χ2v) is 3.08. The van der Waals surface area contributed by atoms with Crippen LogP contribution in [0.5, 0.6) is 5.88 Å².